The molecular formula is C12H24N2S2. The Hall–Kier alpha value is 0.620. The predicted molar refractivity (Wildman–Crippen MR) is 76.4 cm³/mol. The first-order valence-corrected chi connectivity index (χ1v) is 8.57. The number of rotatable bonds is 2. The van der Waals surface area contributed by atoms with Gasteiger partial charge in [-0.05, 0) is 25.5 Å². The normalized spacial score (nSPS) is 42.2. The molecule has 0 spiro atoms. The molecule has 94 valence electrons. The molecule has 0 amide bonds. The van der Waals surface area contributed by atoms with Crippen molar-refractivity contribution in [1.82, 2.24) is 4.90 Å². The number of thioether (sulfide) groups is 2. The standard InChI is InChI=1S/C12H24N2S2/c1-10-8-15-7-5-14(10)12(9-13)4-3-6-16-11(12)2/h10-11H,3-9,13H2,1-2H3. The van der Waals surface area contributed by atoms with E-state index in [0.717, 1.165) is 6.54 Å². The maximum absolute atomic E-state index is 6.16. The van der Waals surface area contributed by atoms with E-state index in [1.807, 2.05) is 0 Å². The van der Waals surface area contributed by atoms with Crippen LogP contribution >= 0.6 is 23.5 Å². The van der Waals surface area contributed by atoms with Crippen LogP contribution in [0.4, 0.5) is 0 Å². The molecule has 3 unspecified atom stereocenters. The summed E-state index contributed by atoms with van der Waals surface area (Å²) in [6.07, 6.45) is 2.63. The van der Waals surface area contributed by atoms with E-state index in [0.29, 0.717) is 11.3 Å². The highest BCUT2D eigenvalue weighted by atomic mass is 32.2. The molecule has 0 bridgehead atoms. The van der Waals surface area contributed by atoms with Crippen LogP contribution in [0.3, 0.4) is 0 Å². The van der Waals surface area contributed by atoms with Crippen LogP contribution in [0.15, 0.2) is 0 Å². The summed E-state index contributed by atoms with van der Waals surface area (Å²) in [6.45, 7) is 6.81. The van der Waals surface area contributed by atoms with Gasteiger partial charge in [0.05, 0.1) is 0 Å². The minimum absolute atomic E-state index is 0.281. The molecule has 0 aromatic rings. The van der Waals surface area contributed by atoms with Crippen molar-refractivity contribution in [3.8, 4) is 0 Å². The molecule has 2 saturated heterocycles. The quantitative estimate of drug-likeness (QED) is 0.823. The fraction of sp³-hybridized carbons (Fsp3) is 1.00. The van der Waals surface area contributed by atoms with E-state index in [1.54, 1.807) is 0 Å². The van der Waals surface area contributed by atoms with E-state index in [1.165, 1.54) is 36.6 Å². The molecule has 0 aliphatic carbocycles. The van der Waals surface area contributed by atoms with Gasteiger partial charge in [-0.15, -0.1) is 0 Å². The highest BCUT2D eigenvalue weighted by molar-refractivity contribution is 8.00. The molecular weight excluding hydrogens is 236 g/mol. The van der Waals surface area contributed by atoms with Crippen LogP contribution in [-0.4, -0.2) is 52.1 Å². The number of hydrogen-bond acceptors (Lipinski definition) is 4. The van der Waals surface area contributed by atoms with Gasteiger partial charge in [0.15, 0.2) is 0 Å². The average molecular weight is 260 g/mol. The summed E-state index contributed by atoms with van der Waals surface area (Å²) in [4.78, 5) is 2.72. The summed E-state index contributed by atoms with van der Waals surface area (Å²) in [5.74, 6) is 3.88. The summed E-state index contributed by atoms with van der Waals surface area (Å²) >= 11 is 4.21. The molecule has 0 aromatic heterocycles. The van der Waals surface area contributed by atoms with E-state index < -0.39 is 0 Å². The van der Waals surface area contributed by atoms with Crippen molar-refractivity contribution in [2.75, 3.05) is 30.3 Å². The lowest BCUT2D eigenvalue weighted by molar-refractivity contribution is 0.0567. The van der Waals surface area contributed by atoms with Gasteiger partial charge in [-0.1, -0.05) is 6.92 Å². The van der Waals surface area contributed by atoms with Gasteiger partial charge in [-0.25, -0.2) is 0 Å². The Bertz CT molecular complexity index is 237. The van der Waals surface area contributed by atoms with Gasteiger partial charge in [0, 0.05) is 41.4 Å². The topological polar surface area (TPSA) is 29.3 Å². The monoisotopic (exact) mass is 260 g/mol. The fourth-order valence-electron chi connectivity index (χ4n) is 3.15. The molecule has 2 heterocycles. The Morgan fingerprint density at radius 2 is 2.19 bits per heavy atom. The van der Waals surface area contributed by atoms with E-state index >= 15 is 0 Å². The molecule has 4 heteroatoms. The Morgan fingerprint density at radius 1 is 1.38 bits per heavy atom. The summed E-state index contributed by atoms with van der Waals surface area (Å²) < 4.78 is 0. The largest absolute Gasteiger partial charge is 0.329 e. The second-order valence-corrected chi connectivity index (χ2v) is 7.64. The van der Waals surface area contributed by atoms with Crippen molar-refractivity contribution in [2.45, 2.75) is 43.5 Å². The summed E-state index contributed by atoms with van der Waals surface area (Å²) in [5, 5.41) is 0.691. The van der Waals surface area contributed by atoms with Gasteiger partial charge in [-0.3, -0.25) is 4.90 Å². The lowest BCUT2D eigenvalue weighted by Gasteiger charge is -2.53. The zero-order chi connectivity index (χ0) is 11.6. The minimum atomic E-state index is 0.281. The zero-order valence-electron chi connectivity index (χ0n) is 10.4. The highest BCUT2D eigenvalue weighted by Crippen LogP contribution is 2.40. The Kier molecular flexibility index (Phi) is 4.50. The van der Waals surface area contributed by atoms with E-state index in [9.17, 15) is 0 Å². The lowest BCUT2D eigenvalue weighted by Crippen LogP contribution is -2.65. The van der Waals surface area contributed by atoms with Crippen LogP contribution in [0.1, 0.15) is 26.7 Å². The fourth-order valence-corrected chi connectivity index (χ4v) is 5.49. The Labute approximate surface area is 108 Å². The first kappa shape index (κ1) is 13.1. The molecule has 2 aliphatic heterocycles. The van der Waals surface area contributed by atoms with Crippen molar-refractivity contribution in [2.24, 2.45) is 5.73 Å². The van der Waals surface area contributed by atoms with Crippen molar-refractivity contribution in [1.29, 1.82) is 0 Å². The lowest BCUT2D eigenvalue weighted by atomic mass is 9.86. The molecule has 0 radical (unpaired) electrons. The van der Waals surface area contributed by atoms with E-state index in [-0.39, 0.29) is 5.54 Å². The number of nitrogens with zero attached hydrogens (tertiary/aromatic N) is 1. The average Bonchev–Trinajstić information content (AvgIpc) is 2.31. The van der Waals surface area contributed by atoms with E-state index in [4.69, 9.17) is 5.73 Å². The molecule has 0 aromatic carbocycles. The number of hydrogen-bond donors (Lipinski definition) is 1. The molecule has 2 rings (SSSR count). The Morgan fingerprint density at radius 3 is 2.81 bits per heavy atom. The van der Waals surface area contributed by atoms with Crippen LogP contribution in [0.5, 0.6) is 0 Å². The van der Waals surface area contributed by atoms with Gasteiger partial charge in [0.25, 0.3) is 0 Å². The van der Waals surface area contributed by atoms with Crippen LogP contribution in [0.25, 0.3) is 0 Å². The summed E-state index contributed by atoms with van der Waals surface area (Å²) in [5.41, 5.74) is 6.44. The van der Waals surface area contributed by atoms with Crippen LogP contribution in [-0.2, 0) is 0 Å². The van der Waals surface area contributed by atoms with Gasteiger partial charge >= 0.3 is 0 Å². The predicted octanol–water partition coefficient (Wildman–Crippen LogP) is 2.04. The van der Waals surface area contributed by atoms with Crippen molar-refractivity contribution < 1.29 is 0 Å². The Balaban J connectivity index is 2.17. The zero-order valence-corrected chi connectivity index (χ0v) is 12.1. The molecule has 16 heavy (non-hydrogen) atoms. The smallest absolute Gasteiger partial charge is 0.0451 e. The van der Waals surface area contributed by atoms with Gasteiger partial charge in [-0.2, -0.15) is 23.5 Å². The maximum Gasteiger partial charge on any atom is 0.0451 e. The van der Waals surface area contributed by atoms with E-state index in [2.05, 4.69) is 42.3 Å². The third kappa shape index (κ3) is 2.26. The second kappa shape index (κ2) is 5.51. The molecule has 2 aliphatic rings. The molecule has 2 N–H and O–H groups in total. The van der Waals surface area contributed by atoms with Gasteiger partial charge in [0.1, 0.15) is 0 Å². The third-order valence-electron chi connectivity index (χ3n) is 4.17. The van der Waals surface area contributed by atoms with Crippen LogP contribution in [0.2, 0.25) is 0 Å². The molecule has 0 saturated carbocycles. The van der Waals surface area contributed by atoms with Crippen molar-refractivity contribution in [3.63, 3.8) is 0 Å². The third-order valence-corrected chi connectivity index (χ3v) is 6.82. The first-order valence-electron chi connectivity index (χ1n) is 6.37. The van der Waals surface area contributed by atoms with Crippen LogP contribution in [0, 0.1) is 0 Å². The highest BCUT2D eigenvalue weighted by Gasteiger charge is 2.44. The maximum atomic E-state index is 6.16. The molecule has 3 atom stereocenters. The van der Waals surface area contributed by atoms with Crippen LogP contribution < -0.4 is 5.73 Å². The van der Waals surface area contributed by atoms with Gasteiger partial charge < -0.3 is 5.73 Å². The van der Waals surface area contributed by atoms with Gasteiger partial charge in [0.2, 0.25) is 0 Å². The second-order valence-electron chi connectivity index (χ2n) is 5.04. The minimum Gasteiger partial charge on any atom is -0.329 e. The summed E-state index contributed by atoms with van der Waals surface area (Å²) in [7, 11) is 0. The summed E-state index contributed by atoms with van der Waals surface area (Å²) in [6, 6.07) is 0.698. The molecule has 2 fully saturated rings. The number of nitrogens with two attached hydrogens (primary N) is 1. The molecule has 2 nitrogen and oxygen atoms in total. The van der Waals surface area contributed by atoms with Crippen molar-refractivity contribution in [3.05, 3.63) is 0 Å². The van der Waals surface area contributed by atoms with Crippen molar-refractivity contribution >= 4 is 23.5 Å². The first-order chi connectivity index (χ1) is 7.70. The SMILES string of the molecule is CC1CSCCN1C1(CN)CCCSC1C.